The second kappa shape index (κ2) is 6.08. The summed E-state index contributed by atoms with van der Waals surface area (Å²) in [5, 5.41) is 2.72. The number of nitrogens with one attached hydrogen (secondary N) is 1. The van der Waals surface area contributed by atoms with E-state index in [4.69, 9.17) is 4.42 Å². The van der Waals surface area contributed by atoms with E-state index >= 15 is 0 Å². The average Bonchev–Trinajstić information content (AvgIpc) is 2.98. The Balaban J connectivity index is 1.84. The Labute approximate surface area is 111 Å². The second-order valence-corrected chi connectivity index (χ2v) is 4.23. The minimum absolute atomic E-state index is 0.120. The molecule has 1 N–H and O–H groups in total. The molecule has 1 saturated heterocycles. The van der Waals surface area contributed by atoms with Gasteiger partial charge in [0.25, 0.3) is 5.91 Å². The first-order valence-electron chi connectivity index (χ1n) is 6.19. The number of furan rings is 1. The highest BCUT2D eigenvalue weighted by molar-refractivity contribution is 5.91. The Kier molecular flexibility index (Phi) is 4.22. The van der Waals surface area contributed by atoms with Crippen molar-refractivity contribution in [2.24, 2.45) is 0 Å². The molecule has 0 bridgehead atoms. The quantitative estimate of drug-likeness (QED) is 0.825. The lowest BCUT2D eigenvalue weighted by molar-refractivity contribution is 0.0634. The molecule has 2 heterocycles. The predicted octanol–water partition coefficient (Wildman–Crippen LogP) is 0.933. The van der Waals surface area contributed by atoms with Crippen molar-refractivity contribution in [2.75, 3.05) is 32.7 Å². The molecule has 0 unspecified atom stereocenters. The zero-order chi connectivity index (χ0) is 13.7. The Bertz CT molecular complexity index is 448. The third-order valence-electron chi connectivity index (χ3n) is 2.98. The van der Waals surface area contributed by atoms with Crippen LogP contribution in [0, 0.1) is 0 Å². The molecule has 6 nitrogen and oxygen atoms in total. The fourth-order valence-electron chi connectivity index (χ4n) is 1.94. The molecular weight excluding hydrogens is 246 g/mol. The molecule has 2 rings (SSSR count). The van der Waals surface area contributed by atoms with Crippen molar-refractivity contribution in [3.63, 3.8) is 0 Å². The molecular formula is C13H17N3O3. The summed E-state index contributed by atoms with van der Waals surface area (Å²) in [6.45, 7) is 6.07. The van der Waals surface area contributed by atoms with Gasteiger partial charge in [-0.2, -0.15) is 0 Å². The molecule has 0 radical (unpaired) electrons. The largest absolute Gasteiger partial charge is 0.459 e. The Morgan fingerprint density at radius 3 is 2.58 bits per heavy atom. The second-order valence-electron chi connectivity index (χ2n) is 4.23. The van der Waals surface area contributed by atoms with Gasteiger partial charge in [-0.3, -0.25) is 4.79 Å². The van der Waals surface area contributed by atoms with Gasteiger partial charge in [0.05, 0.1) is 6.26 Å². The van der Waals surface area contributed by atoms with Crippen molar-refractivity contribution in [1.82, 2.24) is 15.1 Å². The van der Waals surface area contributed by atoms with Gasteiger partial charge in [-0.25, -0.2) is 4.79 Å². The van der Waals surface area contributed by atoms with Gasteiger partial charge in [0.15, 0.2) is 5.76 Å². The van der Waals surface area contributed by atoms with Crippen LogP contribution in [0.25, 0.3) is 0 Å². The smallest absolute Gasteiger partial charge is 0.317 e. The van der Waals surface area contributed by atoms with E-state index in [1.807, 2.05) is 0 Å². The zero-order valence-electron chi connectivity index (χ0n) is 10.7. The Hall–Kier alpha value is -2.24. The summed E-state index contributed by atoms with van der Waals surface area (Å²) in [6, 6.07) is 3.21. The molecule has 1 aromatic heterocycles. The van der Waals surface area contributed by atoms with Crippen LogP contribution >= 0.6 is 0 Å². The molecule has 0 aromatic carbocycles. The number of amides is 3. The number of piperazine rings is 1. The van der Waals surface area contributed by atoms with Crippen LogP contribution in [-0.2, 0) is 0 Å². The van der Waals surface area contributed by atoms with Crippen LogP contribution in [-0.4, -0.2) is 54.5 Å². The molecule has 1 aromatic rings. The standard InChI is InChI=1S/C13H17N3O3/c1-2-5-14-13(18)16-8-6-15(7-9-16)12(17)11-4-3-10-19-11/h2-4,10H,1,5-9H2,(H,14,18). The highest BCUT2D eigenvalue weighted by atomic mass is 16.3. The maximum atomic E-state index is 12.0. The molecule has 1 aliphatic heterocycles. The maximum Gasteiger partial charge on any atom is 0.317 e. The first-order valence-corrected chi connectivity index (χ1v) is 6.19. The van der Waals surface area contributed by atoms with Gasteiger partial charge in [-0.1, -0.05) is 6.08 Å². The summed E-state index contributed by atoms with van der Waals surface area (Å²) >= 11 is 0. The van der Waals surface area contributed by atoms with Crippen molar-refractivity contribution < 1.29 is 14.0 Å². The van der Waals surface area contributed by atoms with Crippen LogP contribution in [0.3, 0.4) is 0 Å². The maximum absolute atomic E-state index is 12.0. The number of carbonyl (C=O) groups is 2. The summed E-state index contributed by atoms with van der Waals surface area (Å²) in [6.07, 6.45) is 3.11. The van der Waals surface area contributed by atoms with Gasteiger partial charge in [0.1, 0.15) is 0 Å². The first kappa shape index (κ1) is 13.2. The summed E-state index contributed by atoms with van der Waals surface area (Å²) in [5.41, 5.74) is 0. The lowest BCUT2D eigenvalue weighted by Crippen LogP contribution is -2.53. The van der Waals surface area contributed by atoms with E-state index in [9.17, 15) is 9.59 Å². The van der Waals surface area contributed by atoms with E-state index in [1.165, 1.54) is 6.26 Å². The highest BCUT2D eigenvalue weighted by Crippen LogP contribution is 2.09. The molecule has 3 amide bonds. The summed E-state index contributed by atoms with van der Waals surface area (Å²) in [7, 11) is 0. The minimum atomic E-state index is -0.129. The average molecular weight is 263 g/mol. The Morgan fingerprint density at radius 1 is 1.32 bits per heavy atom. The molecule has 0 atom stereocenters. The van der Waals surface area contributed by atoms with E-state index < -0.39 is 0 Å². The van der Waals surface area contributed by atoms with E-state index in [0.29, 0.717) is 38.5 Å². The topological polar surface area (TPSA) is 65.8 Å². The lowest BCUT2D eigenvalue weighted by atomic mass is 10.3. The molecule has 19 heavy (non-hydrogen) atoms. The van der Waals surface area contributed by atoms with Crippen LogP contribution in [0.15, 0.2) is 35.5 Å². The number of urea groups is 1. The van der Waals surface area contributed by atoms with Crippen LogP contribution in [0.4, 0.5) is 4.79 Å². The normalized spacial score (nSPS) is 15.2. The van der Waals surface area contributed by atoms with E-state index in [-0.39, 0.29) is 11.9 Å². The zero-order valence-corrected chi connectivity index (χ0v) is 10.7. The number of hydrogen-bond donors (Lipinski definition) is 1. The molecule has 6 heteroatoms. The number of hydrogen-bond acceptors (Lipinski definition) is 3. The van der Waals surface area contributed by atoms with Crippen LogP contribution in [0.1, 0.15) is 10.6 Å². The summed E-state index contributed by atoms with van der Waals surface area (Å²) in [5.74, 6) is 0.209. The fourth-order valence-corrected chi connectivity index (χ4v) is 1.94. The molecule has 0 spiro atoms. The van der Waals surface area contributed by atoms with Crippen molar-refractivity contribution in [3.8, 4) is 0 Å². The van der Waals surface area contributed by atoms with E-state index in [2.05, 4.69) is 11.9 Å². The van der Waals surface area contributed by atoms with Crippen LogP contribution in [0.2, 0.25) is 0 Å². The van der Waals surface area contributed by atoms with Gasteiger partial charge in [-0.05, 0) is 12.1 Å². The molecule has 0 saturated carbocycles. The molecule has 1 fully saturated rings. The summed E-state index contributed by atoms with van der Waals surface area (Å²) in [4.78, 5) is 27.1. The predicted molar refractivity (Wildman–Crippen MR) is 69.8 cm³/mol. The number of rotatable bonds is 3. The molecule has 0 aliphatic carbocycles. The SMILES string of the molecule is C=CCNC(=O)N1CCN(C(=O)c2ccco2)CC1. The van der Waals surface area contributed by atoms with Gasteiger partial charge in [-0.15, -0.1) is 6.58 Å². The van der Waals surface area contributed by atoms with E-state index in [1.54, 1.807) is 28.0 Å². The fraction of sp³-hybridized carbons (Fsp3) is 0.385. The third kappa shape index (κ3) is 3.15. The minimum Gasteiger partial charge on any atom is -0.459 e. The molecule has 1 aliphatic rings. The van der Waals surface area contributed by atoms with Crippen LogP contribution in [0.5, 0.6) is 0 Å². The molecule has 102 valence electrons. The number of carbonyl (C=O) groups excluding carboxylic acids is 2. The Morgan fingerprint density at radius 2 is 2.00 bits per heavy atom. The van der Waals surface area contributed by atoms with Crippen molar-refractivity contribution in [3.05, 3.63) is 36.8 Å². The van der Waals surface area contributed by atoms with Gasteiger partial charge < -0.3 is 19.5 Å². The third-order valence-corrected chi connectivity index (χ3v) is 2.98. The van der Waals surface area contributed by atoms with Crippen molar-refractivity contribution >= 4 is 11.9 Å². The van der Waals surface area contributed by atoms with Gasteiger partial charge in [0, 0.05) is 32.7 Å². The summed E-state index contributed by atoms with van der Waals surface area (Å²) < 4.78 is 5.08. The first-order chi connectivity index (χ1) is 9.22. The van der Waals surface area contributed by atoms with Crippen molar-refractivity contribution in [2.45, 2.75) is 0 Å². The van der Waals surface area contributed by atoms with E-state index in [0.717, 1.165) is 0 Å². The number of nitrogens with zero attached hydrogens (tertiary/aromatic N) is 2. The van der Waals surface area contributed by atoms with Crippen LogP contribution < -0.4 is 5.32 Å². The lowest BCUT2D eigenvalue weighted by Gasteiger charge is -2.34. The van der Waals surface area contributed by atoms with Gasteiger partial charge >= 0.3 is 6.03 Å². The van der Waals surface area contributed by atoms with Crippen molar-refractivity contribution in [1.29, 1.82) is 0 Å². The monoisotopic (exact) mass is 263 g/mol. The van der Waals surface area contributed by atoms with Gasteiger partial charge in [0.2, 0.25) is 0 Å². The highest BCUT2D eigenvalue weighted by Gasteiger charge is 2.25.